The topological polar surface area (TPSA) is 136 Å². The summed E-state index contributed by atoms with van der Waals surface area (Å²) in [6.45, 7) is 2.50. The highest BCUT2D eigenvalue weighted by molar-refractivity contribution is 7.95. The first-order valence-electron chi connectivity index (χ1n) is 10.1. The van der Waals surface area contributed by atoms with Crippen LogP contribution in [0.4, 0.5) is 5.69 Å². The Morgan fingerprint density at radius 2 is 1.49 bits per heavy atom. The zero-order valence-corrected chi connectivity index (χ0v) is 20.9. The van der Waals surface area contributed by atoms with Crippen molar-refractivity contribution in [3.05, 3.63) is 41.3 Å². The van der Waals surface area contributed by atoms with Gasteiger partial charge in [0.2, 0.25) is 0 Å². The Labute approximate surface area is 203 Å². The molecule has 0 radical (unpaired) electrons. The van der Waals surface area contributed by atoms with Gasteiger partial charge in [0.1, 0.15) is 17.2 Å². The Bertz CT molecular complexity index is 1180. The van der Waals surface area contributed by atoms with Gasteiger partial charge >= 0.3 is 11.9 Å². The first-order valence-corrected chi connectivity index (χ1v) is 11.7. The van der Waals surface area contributed by atoms with Gasteiger partial charge in [0, 0.05) is 25.1 Å². The quantitative estimate of drug-likeness (QED) is 0.356. The maximum atomic E-state index is 12.7. The van der Waals surface area contributed by atoms with Crippen molar-refractivity contribution in [1.29, 1.82) is 0 Å². The molecule has 0 saturated carbocycles. The monoisotopic (exact) mass is 509 g/mol. The fourth-order valence-corrected chi connectivity index (χ4v) is 3.70. The van der Waals surface area contributed by atoms with Crippen molar-refractivity contribution in [2.24, 2.45) is 0 Å². The first kappa shape index (κ1) is 27.3. The number of anilines is 1. The average molecular weight is 510 g/mol. The van der Waals surface area contributed by atoms with Crippen molar-refractivity contribution < 1.29 is 46.4 Å². The molecule has 1 atom stereocenters. The number of carbonyl (C=O) groups excluding carboxylic acids is 2. The summed E-state index contributed by atoms with van der Waals surface area (Å²) in [5, 5.41) is 0.929. The van der Waals surface area contributed by atoms with E-state index < -0.39 is 28.1 Å². The van der Waals surface area contributed by atoms with Crippen LogP contribution in [0.1, 0.15) is 19.4 Å². The van der Waals surface area contributed by atoms with Gasteiger partial charge < -0.3 is 28.4 Å². The van der Waals surface area contributed by atoms with E-state index in [2.05, 4.69) is 4.72 Å². The van der Waals surface area contributed by atoms with Crippen LogP contribution in [0.3, 0.4) is 0 Å². The summed E-state index contributed by atoms with van der Waals surface area (Å²) < 4.78 is 58.8. The van der Waals surface area contributed by atoms with E-state index in [1.807, 2.05) is 0 Å². The van der Waals surface area contributed by atoms with Crippen LogP contribution in [-0.2, 0) is 24.3 Å². The molecule has 0 saturated heterocycles. The van der Waals surface area contributed by atoms with Gasteiger partial charge in [-0.2, -0.15) is 0 Å². The number of benzene rings is 2. The Kier molecular flexibility index (Phi) is 9.34. The summed E-state index contributed by atoms with van der Waals surface area (Å²) in [6.07, 6.45) is 0.139. The van der Waals surface area contributed by atoms with Gasteiger partial charge in [-0.15, -0.1) is 0 Å². The maximum absolute atomic E-state index is 12.7. The number of hydrogen-bond donors (Lipinski definition) is 1. The maximum Gasteiger partial charge on any atom is 0.352 e. The van der Waals surface area contributed by atoms with E-state index in [4.69, 9.17) is 28.4 Å². The van der Waals surface area contributed by atoms with Crippen LogP contribution >= 0.6 is 0 Å². The molecule has 0 aliphatic rings. The molecule has 2 rings (SSSR count). The lowest BCUT2D eigenvalue weighted by Gasteiger charge is -2.15. The molecule has 0 aliphatic carbocycles. The minimum absolute atomic E-state index is 0.0702. The molecular formula is C23H27NO10S. The third kappa shape index (κ3) is 7.54. The van der Waals surface area contributed by atoms with E-state index in [1.54, 1.807) is 12.1 Å². The molecule has 11 nitrogen and oxygen atoms in total. The Morgan fingerprint density at radius 1 is 0.886 bits per heavy atom. The van der Waals surface area contributed by atoms with Crippen LogP contribution < -0.4 is 28.4 Å². The molecule has 0 heterocycles. The molecule has 2 aromatic rings. The van der Waals surface area contributed by atoms with Crippen LogP contribution in [0, 0.1) is 0 Å². The van der Waals surface area contributed by atoms with E-state index in [0.29, 0.717) is 22.8 Å². The van der Waals surface area contributed by atoms with Gasteiger partial charge in [0.25, 0.3) is 10.0 Å². The zero-order valence-electron chi connectivity index (χ0n) is 20.1. The van der Waals surface area contributed by atoms with Crippen molar-refractivity contribution in [2.45, 2.75) is 20.0 Å². The Balaban J connectivity index is 2.30. The number of ether oxygens (including phenoxy) is 6. The van der Waals surface area contributed by atoms with Crippen LogP contribution in [0.25, 0.3) is 6.08 Å². The standard InChI is InChI=1S/C23H27NO10S/c1-14(33-15(2)25)23(26)34-22-11-16(7-8-19(22)30-4)24-35(27,28)10-9-18-20(31-5)12-17(29-3)13-21(18)32-6/h7-14,24H,1-6H3/b10-9+. The van der Waals surface area contributed by atoms with Crippen LogP contribution in [0.5, 0.6) is 28.7 Å². The second-order valence-electron chi connectivity index (χ2n) is 6.93. The normalized spacial score (nSPS) is 11.9. The third-order valence-electron chi connectivity index (χ3n) is 4.48. The van der Waals surface area contributed by atoms with E-state index in [-0.39, 0.29) is 17.2 Å². The molecule has 1 N–H and O–H groups in total. The number of rotatable bonds is 11. The number of sulfonamides is 1. The zero-order chi connectivity index (χ0) is 26.2. The summed E-state index contributed by atoms with van der Waals surface area (Å²) in [6, 6.07) is 7.27. The molecule has 0 spiro atoms. The summed E-state index contributed by atoms with van der Waals surface area (Å²) in [5.74, 6) is -0.266. The minimum Gasteiger partial charge on any atom is -0.496 e. The van der Waals surface area contributed by atoms with Gasteiger partial charge in [0.05, 0.1) is 45.1 Å². The fraction of sp³-hybridized carbons (Fsp3) is 0.304. The Morgan fingerprint density at radius 3 is 2.00 bits per heavy atom. The van der Waals surface area contributed by atoms with Crippen LogP contribution in [0.2, 0.25) is 0 Å². The molecule has 0 aromatic heterocycles. The lowest BCUT2D eigenvalue weighted by Crippen LogP contribution is -2.27. The van der Waals surface area contributed by atoms with Crippen molar-refractivity contribution in [3.8, 4) is 28.7 Å². The van der Waals surface area contributed by atoms with Crippen molar-refractivity contribution >= 4 is 33.7 Å². The number of methoxy groups -OCH3 is 4. The van der Waals surface area contributed by atoms with E-state index in [9.17, 15) is 18.0 Å². The molecule has 0 amide bonds. The van der Waals surface area contributed by atoms with Crippen molar-refractivity contribution in [1.82, 2.24) is 0 Å². The van der Waals surface area contributed by atoms with Gasteiger partial charge in [-0.25, -0.2) is 13.2 Å². The summed E-state index contributed by atoms with van der Waals surface area (Å²) >= 11 is 0. The summed E-state index contributed by atoms with van der Waals surface area (Å²) in [4.78, 5) is 23.3. The smallest absolute Gasteiger partial charge is 0.352 e. The number of esters is 2. The molecule has 0 fully saturated rings. The predicted molar refractivity (Wildman–Crippen MR) is 128 cm³/mol. The van der Waals surface area contributed by atoms with Crippen LogP contribution in [-0.4, -0.2) is 54.9 Å². The number of hydrogen-bond acceptors (Lipinski definition) is 10. The molecule has 0 aliphatic heterocycles. The highest BCUT2D eigenvalue weighted by Gasteiger charge is 2.21. The summed E-state index contributed by atoms with van der Waals surface area (Å²) in [7, 11) is 1.68. The lowest BCUT2D eigenvalue weighted by atomic mass is 10.1. The molecule has 35 heavy (non-hydrogen) atoms. The number of nitrogens with one attached hydrogen (secondary N) is 1. The van der Waals surface area contributed by atoms with Crippen molar-refractivity contribution in [3.63, 3.8) is 0 Å². The molecule has 190 valence electrons. The van der Waals surface area contributed by atoms with Gasteiger partial charge in [-0.05, 0) is 25.1 Å². The second kappa shape index (κ2) is 12.0. The van der Waals surface area contributed by atoms with E-state index >= 15 is 0 Å². The predicted octanol–water partition coefficient (Wildman–Crippen LogP) is 2.99. The molecule has 0 bridgehead atoms. The molecule has 1 unspecified atom stereocenters. The minimum atomic E-state index is -4.02. The molecule has 12 heteroatoms. The highest BCUT2D eigenvalue weighted by Crippen LogP contribution is 2.35. The Hall–Kier alpha value is -3.93. The lowest BCUT2D eigenvalue weighted by molar-refractivity contribution is -0.159. The fourth-order valence-electron chi connectivity index (χ4n) is 2.86. The third-order valence-corrected chi connectivity index (χ3v) is 5.49. The second-order valence-corrected chi connectivity index (χ2v) is 8.50. The van der Waals surface area contributed by atoms with E-state index in [0.717, 1.165) is 12.3 Å². The number of carbonyl (C=O) groups is 2. The van der Waals surface area contributed by atoms with Gasteiger partial charge in [-0.1, -0.05) is 0 Å². The molecule has 2 aromatic carbocycles. The van der Waals surface area contributed by atoms with Gasteiger partial charge in [-0.3, -0.25) is 9.52 Å². The molecular weight excluding hydrogens is 482 g/mol. The summed E-state index contributed by atoms with van der Waals surface area (Å²) in [5.41, 5.74) is 0.469. The van der Waals surface area contributed by atoms with Crippen molar-refractivity contribution in [2.75, 3.05) is 33.2 Å². The first-order chi connectivity index (χ1) is 16.5. The van der Waals surface area contributed by atoms with E-state index in [1.165, 1.54) is 59.6 Å². The SMILES string of the molecule is COc1cc(OC)c(/C=C/S(=O)(=O)Nc2ccc(OC)c(OC(=O)C(C)OC(C)=O)c2)c(OC)c1. The average Bonchev–Trinajstić information content (AvgIpc) is 2.81. The highest BCUT2D eigenvalue weighted by atomic mass is 32.2. The van der Waals surface area contributed by atoms with Crippen LogP contribution in [0.15, 0.2) is 35.7 Å². The largest absolute Gasteiger partial charge is 0.496 e. The van der Waals surface area contributed by atoms with Gasteiger partial charge in [0.15, 0.2) is 17.6 Å².